The van der Waals surface area contributed by atoms with Gasteiger partial charge >= 0.3 is 0 Å². The quantitative estimate of drug-likeness (QED) is 0.208. The highest BCUT2D eigenvalue weighted by molar-refractivity contribution is 6.08. The van der Waals surface area contributed by atoms with Crippen LogP contribution in [0.3, 0.4) is 0 Å². The molecule has 0 aromatic heterocycles. The molecule has 4 N–H and O–H groups in total. The van der Waals surface area contributed by atoms with Crippen LogP contribution in [-0.2, 0) is 0 Å². The number of nitrogens with one attached hydrogen (secondary N) is 2. The number of nitrogens with two attached hydrogens (primary N) is 1. The molecular weight excluding hydrogens is 490 g/mol. The molecular formula is C35H31N5. The monoisotopic (exact) mass is 521 g/mol. The zero-order valence-corrected chi connectivity index (χ0v) is 22.3. The second-order valence-corrected chi connectivity index (χ2v) is 9.93. The van der Waals surface area contributed by atoms with Crippen molar-refractivity contribution in [3.63, 3.8) is 0 Å². The van der Waals surface area contributed by atoms with Crippen LogP contribution in [0.2, 0.25) is 0 Å². The third kappa shape index (κ3) is 4.68. The van der Waals surface area contributed by atoms with E-state index in [0.29, 0.717) is 5.57 Å². The summed E-state index contributed by atoms with van der Waals surface area (Å²) in [5, 5.41) is 13.7. The van der Waals surface area contributed by atoms with Gasteiger partial charge in [-0.15, -0.1) is 0 Å². The van der Waals surface area contributed by atoms with Crippen LogP contribution < -0.4 is 11.1 Å². The first kappa shape index (κ1) is 25.3. The SMILES string of the molecule is CN1C(c2ccccc2)N=C(c2ccccc2)NC1c1ccc(-c2ccc(/C(C=N)=C/N)cc2)c2ccccc12. The number of hydrogen-bond donors (Lipinski definition) is 3. The Morgan fingerprint density at radius 1 is 0.775 bits per heavy atom. The van der Waals surface area contributed by atoms with Crippen molar-refractivity contribution in [1.82, 2.24) is 10.2 Å². The molecule has 5 heteroatoms. The van der Waals surface area contributed by atoms with E-state index in [1.54, 1.807) is 0 Å². The highest BCUT2D eigenvalue weighted by Crippen LogP contribution is 2.38. The Bertz CT molecular complexity index is 1710. The van der Waals surface area contributed by atoms with E-state index in [9.17, 15) is 0 Å². The van der Waals surface area contributed by atoms with E-state index in [4.69, 9.17) is 16.1 Å². The number of allylic oxidation sites excluding steroid dienone is 1. The maximum Gasteiger partial charge on any atom is 0.132 e. The highest BCUT2D eigenvalue weighted by Gasteiger charge is 2.32. The van der Waals surface area contributed by atoms with Crippen molar-refractivity contribution in [2.45, 2.75) is 12.3 Å². The van der Waals surface area contributed by atoms with Gasteiger partial charge in [0.2, 0.25) is 0 Å². The van der Waals surface area contributed by atoms with Gasteiger partial charge in [-0.25, -0.2) is 4.99 Å². The van der Waals surface area contributed by atoms with Crippen molar-refractivity contribution in [3.05, 3.63) is 150 Å². The summed E-state index contributed by atoms with van der Waals surface area (Å²) >= 11 is 0. The Hall–Kier alpha value is -5.00. The predicted octanol–water partition coefficient (Wildman–Crippen LogP) is 7.14. The number of hydrogen-bond acceptors (Lipinski definition) is 5. The molecule has 2 atom stereocenters. The maximum absolute atomic E-state index is 7.61. The molecule has 5 aromatic rings. The Kier molecular flexibility index (Phi) is 6.96. The lowest BCUT2D eigenvalue weighted by Crippen LogP contribution is -2.46. The molecule has 5 aromatic carbocycles. The lowest BCUT2D eigenvalue weighted by atomic mass is 9.92. The molecule has 1 heterocycles. The fourth-order valence-electron chi connectivity index (χ4n) is 5.49. The third-order valence-electron chi connectivity index (χ3n) is 7.58. The molecule has 1 aliphatic rings. The van der Waals surface area contributed by atoms with Crippen molar-refractivity contribution in [2.24, 2.45) is 10.7 Å². The summed E-state index contributed by atoms with van der Waals surface area (Å²) in [4.78, 5) is 7.46. The maximum atomic E-state index is 7.61. The van der Waals surface area contributed by atoms with Gasteiger partial charge in [-0.2, -0.15) is 0 Å². The van der Waals surface area contributed by atoms with E-state index in [2.05, 4.69) is 102 Å². The van der Waals surface area contributed by atoms with Crippen LogP contribution in [-0.4, -0.2) is 24.0 Å². The topological polar surface area (TPSA) is 77.5 Å². The van der Waals surface area contributed by atoms with Gasteiger partial charge in [0.05, 0.1) is 0 Å². The van der Waals surface area contributed by atoms with E-state index in [1.807, 2.05) is 36.4 Å². The molecule has 1 aliphatic heterocycles. The molecule has 0 saturated carbocycles. The minimum Gasteiger partial charge on any atom is -0.404 e. The van der Waals surface area contributed by atoms with E-state index in [-0.39, 0.29) is 12.3 Å². The molecule has 0 radical (unpaired) electrons. The number of rotatable bonds is 6. The number of fused-ring (bicyclic) bond motifs is 1. The Morgan fingerprint density at radius 2 is 1.43 bits per heavy atom. The standard InChI is InChI=1S/C35H31N5/c1-40-34(27-12-6-3-7-13-27)38-33(26-10-4-2-5-11-26)39-35(40)32-21-20-29(30-14-8-9-15-31(30)32)25-18-16-24(17-19-25)28(22-36)23-37/h2-23,34-36H,37H2,1H3,(H,38,39)/b28-23+,36-22?. The van der Waals surface area contributed by atoms with Crippen molar-refractivity contribution in [1.29, 1.82) is 5.41 Å². The Labute approximate surface area is 234 Å². The van der Waals surface area contributed by atoms with Gasteiger partial charge in [0.25, 0.3) is 0 Å². The molecule has 196 valence electrons. The molecule has 0 fully saturated rings. The van der Waals surface area contributed by atoms with Gasteiger partial charge in [0.15, 0.2) is 0 Å². The summed E-state index contributed by atoms with van der Waals surface area (Å²) in [6.07, 6.45) is 2.52. The van der Waals surface area contributed by atoms with Crippen molar-refractivity contribution in [2.75, 3.05) is 7.05 Å². The summed E-state index contributed by atoms with van der Waals surface area (Å²) in [7, 11) is 2.13. The van der Waals surface area contributed by atoms with E-state index >= 15 is 0 Å². The van der Waals surface area contributed by atoms with Gasteiger partial charge < -0.3 is 16.5 Å². The average Bonchev–Trinajstić information content (AvgIpc) is 3.02. The number of nitrogens with zero attached hydrogens (tertiary/aromatic N) is 2. The van der Waals surface area contributed by atoms with Crippen LogP contribution in [0.4, 0.5) is 0 Å². The molecule has 0 bridgehead atoms. The predicted molar refractivity (Wildman–Crippen MR) is 166 cm³/mol. The molecule has 2 unspecified atom stereocenters. The van der Waals surface area contributed by atoms with Gasteiger partial charge in [0.1, 0.15) is 18.2 Å². The number of aliphatic imine (C=N–C) groups is 1. The van der Waals surface area contributed by atoms with Crippen molar-refractivity contribution in [3.8, 4) is 11.1 Å². The van der Waals surface area contributed by atoms with E-state index in [1.165, 1.54) is 28.8 Å². The average molecular weight is 522 g/mol. The lowest BCUT2D eigenvalue weighted by molar-refractivity contribution is 0.153. The fourth-order valence-corrected chi connectivity index (χ4v) is 5.49. The summed E-state index contributed by atoms with van der Waals surface area (Å²) < 4.78 is 0. The largest absolute Gasteiger partial charge is 0.404 e. The molecule has 5 nitrogen and oxygen atoms in total. The van der Waals surface area contributed by atoms with Gasteiger partial charge in [-0.1, -0.05) is 121 Å². The van der Waals surface area contributed by atoms with Crippen molar-refractivity contribution < 1.29 is 0 Å². The van der Waals surface area contributed by atoms with Gasteiger partial charge in [-0.05, 0) is 45.6 Å². The zero-order valence-electron chi connectivity index (χ0n) is 22.3. The number of benzene rings is 5. The zero-order chi connectivity index (χ0) is 27.5. The Balaban J connectivity index is 1.45. The summed E-state index contributed by atoms with van der Waals surface area (Å²) in [6.45, 7) is 0. The number of amidine groups is 1. The first-order valence-electron chi connectivity index (χ1n) is 13.4. The molecule has 40 heavy (non-hydrogen) atoms. The Morgan fingerprint density at radius 3 is 2.10 bits per heavy atom. The summed E-state index contributed by atoms with van der Waals surface area (Å²) in [6, 6.07) is 42.1. The summed E-state index contributed by atoms with van der Waals surface area (Å²) in [5.41, 5.74) is 13.0. The molecule has 0 saturated heterocycles. The van der Waals surface area contributed by atoms with Crippen LogP contribution in [0.1, 0.15) is 34.6 Å². The van der Waals surface area contributed by atoms with Crippen LogP contribution in [0.15, 0.2) is 133 Å². The molecule has 0 amide bonds. The molecule has 0 spiro atoms. The first-order chi connectivity index (χ1) is 19.7. The first-order valence-corrected chi connectivity index (χ1v) is 13.4. The van der Waals surface area contributed by atoms with E-state index < -0.39 is 0 Å². The van der Waals surface area contributed by atoms with Crippen LogP contribution >= 0.6 is 0 Å². The minimum absolute atomic E-state index is 0.0934. The minimum atomic E-state index is -0.132. The smallest absolute Gasteiger partial charge is 0.132 e. The van der Waals surface area contributed by atoms with Crippen LogP contribution in [0.5, 0.6) is 0 Å². The highest BCUT2D eigenvalue weighted by atomic mass is 15.4. The van der Waals surface area contributed by atoms with Crippen LogP contribution in [0, 0.1) is 5.41 Å². The lowest BCUT2D eigenvalue weighted by Gasteiger charge is -2.40. The van der Waals surface area contributed by atoms with E-state index in [0.717, 1.165) is 33.7 Å². The van der Waals surface area contributed by atoms with Crippen molar-refractivity contribution >= 4 is 28.4 Å². The third-order valence-corrected chi connectivity index (χ3v) is 7.58. The summed E-state index contributed by atoms with van der Waals surface area (Å²) in [5.74, 6) is 0.885. The second kappa shape index (κ2) is 11.0. The molecule has 0 aliphatic carbocycles. The van der Waals surface area contributed by atoms with Crippen LogP contribution in [0.25, 0.3) is 27.5 Å². The fraction of sp³-hybridized carbons (Fsp3) is 0.0857. The molecule has 6 rings (SSSR count). The van der Waals surface area contributed by atoms with Gasteiger partial charge in [0, 0.05) is 23.6 Å². The van der Waals surface area contributed by atoms with Gasteiger partial charge in [-0.3, -0.25) is 4.90 Å². The second-order valence-electron chi connectivity index (χ2n) is 9.93. The normalized spacial score (nSPS) is 17.7.